The third-order valence-corrected chi connectivity index (χ3v) is 3.57. The van der Waals surface area contributed by atoms with E-state index < -0.39 is 22.8 Å². The summed E-state index contributed by atoms with van der Waals surface area (Å²) >= 11 is 0. The zero-order chi connectivity index (χ0) is 13.3. The molecule has 1 saturated carbocycles. The summed E-state index contributed by atoms with van der Waals surface area (Å²) in [4.78, 5) is 23.2. The van der Waals surface area contributed by atoms with Crippen molar-refractivity contribution in [3.63, 3.8) is 0 Å². The first-order valence-electron chi connectivity index (χ1n) is 5.97. The van der Waals surface area contributed by atoms with E-state index in [0.717, 1.165) is 19.3 Å². The normalized spacial score (nSPS) is 20.2. The van der Waals surface area contributed by atoms with Crippen LogP contribution in [0.5, 0.6) is 0 Å². The predicted octanol–water partition coefficient (Wildman–Crippen LogP) is 0.731. The van der Waals surface area contributed by atoms with Gasteiger partial charge in [-0.2, -0.15) is 0 Å². The van der Waals surface area contributed by atoms with E-state index in [1.807, 2.05) is 0 Å². The van der Waals surface area contributed by atoms with Crippen LogP contribution in [0.1, 0.15) is 40.0 Å². The number of nitrogens with two attached hydrogens (primary N) is 1. The minimum atomic E-state index is -1.00. The molecule has 1 rings (SSSR count). The number of amides is 1. The fourth-order valence-electron chi connectivity index (χ4n) is 2.06. The van der Waals surface area contributed by atoms with Gasteiger partial charge >= 0.3 is 5.97 Å². The molecule has 0 spiro atoms. The number of carbonyl (C=O) groups excluding carboxylic acids is 1. The van der Waals surface area contributed by atoms with E-state index >= 15 is 0 Å². The molecular weight excluding hydrogens is 220 g/mol. The Morgan fingerprint density at radius 3 is 2.18 bits per heavy atom. The Bertz CT molecular complexity index is 311. The van der Waals surface area contributed by atoms with E-state index in [0.29, 0.717) is 0 Å². The number of nitrogens with one attached hydrogen (secondary N) is 1. The summed E-state index contributed by atoms with van der Waals surface area (Å²) in [6, 6.07) is -0.876. The van der Waals surface area contributed by atoms with Crippen LogP contribution in [0.3, 0.4) is 0 Å². The molecule has 0 aromatic rings. The van der Waals surface area contributed by atoms with Crippen molar-refractivity contribution in [2.24, 2.45) is 16.6 Å². The molecule has 5 heteroatoms. The monoisotopic (exact) mass is 242 g/mol. The number of carboxylic acids is 1. The van der Waals surface area contributed by atoms with Crippen LogP contribution in [-0.2, 0) is 9.59 Å². The highest BCUT2D eigenvalue weighted by Crippen LogP contribution is 2.40. The van der Waals surface area contributed by atoms with Crippen molar-refractivity contribution < 1.29 is 14.7 Å². The summed E-state index contributed by atoms with van der Waals surface area (Å²) in [5.41, 5.74) is 4.58. The van der Waals surface area contributed by atoms with Crippen molar-refractivity contribution in [3.05, 3.63) is 0 Å². The van der Waals surface area contributed by atoms with Gasteiger partial charge in [-0.05, 0) is 18.3 Å². The van der Waals surface area contributed by atoms with Gasteiger partial charge < -0.3 is 16.2 Å². The number of hydrogen-bond donors (Lipinski definition) is 3. The lowest BCUT2D eigenvalue weighted by molar-refractivity contribution is -0.148. The molecule has 0 saturated heterocycles. The van der Waals surface area contributed by atoms with Gasteiger partial charge in [0.25, 0.3) is 0 Å². The fraction of sp³-hybridized carbons (Fsp3) is 0.833. The molecule has 0 bridgehead atoms. The van der Waals surface area contributed by atoms with Gasteiger partial charge in [-0.15, -0.1) is 0 Å². The van der Waals surface area contributed by atoms with E-state index in [-0.39, 0.29) is 12.5 Å². The first-order valence-corrected chi connectivity index (χ1v) is 5.97. The SMILES string of the molecule is CC(C)(C)[C@@H](NC(=O)C1(CN)CCC1)C(=O)O. The third-order valence-electron chi connectivity index (χ3n) is 3.57. The summed E-state index contributed by atoms with van der Waals surface area (Å²) in [5.74, 6) is -1.22. The molecule has 0 radical (unpaired) electrons. The van der Waals surface area contributed by atoms with Crippen LogP contribution in [0.4, 0.5) is 0 Å². The van der Waals surface area contributed by atoms with E-state index in [2.05, 4.69) is 5.32 Å². The average molecular weight is 242 g/mol. The fourth-order valence-corrected chi connectivity index (χ4v) is 2.06. The quantitative estimate of drug-likeness (QED) is 0.677. The minimum absolute atomic E-state index is 0.214. The lowest BCUT2D eigenvalue weighted by Crippen LogP contribution is -2.57. The van der Waals surface area contributed by atoms with Crippen LogP contribution in [-0.4, -0.2) is 29.6 Å². The summed E-state index contributed by atoms with van der Waals surface area (Å²) in [6.45, 7) is 5.67. The molecule has 1 fully saturated rings. The van der Waals surface area contributed by atoms with Gasteiger partial charge in [0.2, 0.25) is 5.91 Å². The highest BCUT2D eigenvalue weighted by molar-refractivity contribution is 5.88. The molecule has 1 amide bonds. The molecule has 1 aliphatic carbocycles. The van der Waals surface area contributed by atoms with Gasteiger partial charge in [-0.3, -0.25) is 4.79 Å². The first kappa shape index (κ1) is 14.0. The number of carboxylic acid groups (broad SMARTS) is 1. The Kier molecular flexibility index (Phi) is 3.81. The molecule has 0 unspecified atom stereocenters. The Morgan fingerprint density at radius 1 is 1.41 bits per heavy atom. The lowest BCUT2D eigenvalue weighted by Gasteiger charge is -2.41. The Balaban J connectivity index is 2.75. The van der Waals surface area contributed by atoms with Crippen molar-refractivity contribution in [3.8, 4) is 0 Å². The van der Waals surface area contributed by atoms with Crippen molar-refractivity contribution >= 4 is 11.9 Å². The highest BCUT2D eigenvalue weighted by atomic mass is 16.4. The molecule has 0 aromatic carbocycles. The van der Waals surface area contributed by atoms with Gasteiger partial charge in [-0.25, -0.2) is 4.79 Å². The Labute approximate surface area is 102 Å². The van der Waals surface area contributed by atoms with Crippen LogP contribution in [0.25, 0.3) is 0 Å². The summed E-state index contributed by atoms with van der Waals surface area (Å²) in [5, 5.41) is 11.8. The Hall–Kier alpha value is -1.10. The van der Waals surface area contributed by atoms with Gasteiger partial charge in [0, 0.05) is 6.54 Å². The second-order valence-electron chi connectivity index (χ2n) is 5.95. The average Bonchev–Trinajstić information content (AvgIpc) is 2.10. The summed E-state index contributed by atoms with van der Waals surface area (Å²) < 4.78 is 0. The summed E-state index contributed by atoms with van der Waals surface area (Å²) in [7, 11) is 0. The molecular formula is C12H22N2O3. The third kappa shape index (κ3) is 2.77. The molecule has 98 valence electrons. The smallest absolute Gasteiger partial charge is 0.326 e. The van der Waals surface area contributed by atoms with Crippen LogP contribution in [0, 0.1) is 10.8 Å². The van der Waals surface area contributed by atoms with Gasteiger partial charge in [-0.1, -0.05) is 27.2 Å². The van der Waals surface area contributed by atoms with E-state index in [1.54, 1.807) is 20.8 Å². The molecule has 4 N–H and O–H groups in total. The van der Waals surface area contributed by atoms with Gasteiger partial charge in [0.15, 0.2) is 0 Å². The van der Waals surface area contributed by atoms with Crippen LogP contribution in [0.15, 0.2) is 0 Å². The van der Waals surface area contributed by atoms with Gasteiger partial charge in [0.1, 0.15) is 6.04 Å². The standard InChI is InChI=1S/C12H22N2O3/c1-11(2,3)8(9(15)16)14-10(17)12(7-13)5-4-6-12/h8H,4-7,13H2,1-3H3,(H,14,17)(H,15,16)/t8-/m0/s1. The maximum Gasteiger partial charge on any atom is 0.326 e. The second-order valence-corrected chi connectivity index (χ2v) is 5.95. The van der Waals surface area contributed by atoms with Crippen molar-refractivity contribution in [2.45, 2.75) is 46.1 Å². The van der Waals surface area contributed by atoms with Crippen LogP contribution in [0.2, 0.25) is 0 Å². The zero-order valence-electron chi connectivity index (χ0n) is 10.7. The number of rotatable bonds is 4. The zero-order valence-corrected chi connectivity index (χ0v) is 10.7. The van der Waals surface area contributed by atoms with Crippen molar-refractivity contribution in [1.29, 1.82) is 0 Å². The topological polar surface area (TPSA) is 92.4 Å². The predicted molar refractivity (Wildman–Crippen MR) is 64.4 cm³/mol. The van der Waals surface area contributed by atoms with Gasteiger partial charge in [0.05, 0.1) is 5.41 Å². The Morgan fingerprint density at radius 2 is 1.94 bits per heavy atom. The molecule has 17 heavy (non-hydrogen) atoms. The van der Waals surface area contributed by atoms with E-state index in [4.69, 9.17) is 10.8 Å². The molecule has 1 aliphatic rings. The van der Waals surface area contributed by atoms with Crippen LogP contribution < -0.4 is 11.1 Å². The maximum absolute atomic E-state index is 12.1. The molecule has 5 nitrogen and oxygen atoms in total. The number of aliphatic carboxylic acids is 1. The maximum atomic E-state index is 12.1. The van der Waals surface area contributed by atoms with E-state index in [1.165, 1.54) is 0 Å². The molecule has 0 aromatic heterocycles. The number of carbonyl (C=O) groups is 2. The molecule has 0 aliphatic heterocycles. The number of hydrogen-bond acceptors (Lipinski definition) is 3. The molecule has 0 heterocycles. The van der Waals surface area contributed by atoms with Crippen molar-refractivity contribution in [2.75, 3.05) is 6.54 Å². The van der Waals surface area contributed by atoms with E-state index in [9.17, 15) is 9.59 Å². The largest absolute Gasteiger partial charge is 0.480 e. The minimum Gasteiger partial charge on any atom is -0.480 e. The first-order chi connectivity index (χ1) is 7.73. The second kappa shape index (κ2) is 4.64. The highest BCUT2D eigenvalue weighted by Gasteiger charge is 2.45. The van der Waals surface area contributed by atoms with Crippen molar-refractivity contribution in [1.82, 2.24) is 5.32 Å². The molecule has 1 atom stereocenters. The lowest BCUT2D eigenvalue weighted by atomic mass is 9.68. The van der Waals surface area contributed by atoms with Crippen LogP contribution >= 0.6 is 0 Å². The summed E-state index contributed by atoms with van der Waals surface area (Å²) in [6.07, 6.45) is 2.50.